The van der Waals surface area contributed by atoms with E-state index < -0.39 is 12.6 Å². The van der Waals surface area contributed by atoms with Crippen LogP contribution in [0.2, 0.25) is 0 Å². The Labute approximate surface area is 245 Å². The fourth-order valence-corrected chi connectivity index (χ4v) is 6.10. The van der Waals surface area contributed by atoms with Gasteiger partial charge < -0.3 is 25.3 Å². The Balaban J connectivity index is 1.72. The summed E-state index contributed by atoms with van der Waals surface area (Å²) >= 11 is 1.68. The standard InChI is InChI=1S/C31H38N4O5S/c1-5-24(36)15-25(22-13-26(32)31(34(4)33)28(14-22)39-18-30(37)38)21-11-10-19(2)23(12-21)17-35-16-20(3)40-27-8-6-7-9-29(27)41-35/h6-14,20,25H,5,15-18,32-33H2,1-4H3,(H,37,38). The highest BCUT2D eigenvalue weighted by Gasteiger charge is 2.25. The molecule has 4 rings (SSSR count). The van der Waals surface area contributed by atoms with Crippen LogP contribution in [0.15, 0.2) is 59.5 Å². The second kappa shape index (κ2) is 13.3. The average Bonchev–Trinajstić information content (AvgIpc) is 3.08. The molecule has 1 heterocycles. The topological polar surface area (TPSA) is 131 Å². The molecular weight excluding hydrogens is 540 g/mol. The lowest BCUT2D eigenvalue weighted by molar-refractivity contribution is -0.139. The van der Waals surface area contributed by atoms with Crippen molar-refractivity contribution in [2.24, 2.45) is 5.84 Å². The number of carboxylic acid groups (broad SMARTS) is 1. The average molecular weight is 579 g/mol. The number of aryl methyl sites for hydroxylation is 1. The van der Waals surface area contributed by atoms with Crippen molar-refractivity contribution in [2.75, 3.05) is 30.9 Å². The van der Waals surface area contributed by atoms with Crippen molar-refractivity contribution in [1.29, 1.82) is 0 Å². The molecule has 10 heteroatoms. The second-order valence-electron chi connectivity index (χ2n) is 10.4. The Morgan fingerprint density at radius 1 is 1.20 bits per heavy atom. The van der Waals surface area contributed by atoms with E-state index in [1.54, 1.807) is 31.1 Å². The number of para-hydroxylation sites is 1. The number of hydrazine groups is 1. The number of carboxylic acids is 1. The predicted molar refractivity (Wildman–Crippen MR) is 162 cm³/mol. The van der Waals surface area contributed by atoms with Crippen LogP contribution >= 0.6 is 11.9 Å². The Morgan fingerprint density at radius 3 is 2.66 bits per heavy atom. The third-order valence-corrected chi connectivity index (χ3v) is 8.12. The number of aliphatic carboxylic acids is 1. The number of carbonyl (C=O) groups excluding carboxylic acids is 1. The smallest absolute Gasteiger partial charge is 0.341 e. The van der Waals surface area contributed by atoms with E-state index in [-0.39, 0.29) is 30.0 Å². The fourth-order valence-electron chi connectivity index (χ4n) is 4.99. The van der Waals surface area contributed by atoms with Crippen LogP contribution in [0.5, 0.6) is 11.5 Å². The zero-order valence-electron chi connectivity index (χ0n) is 23.9. The van der Waals surface area contributed by atoms with Gasteiger partial charge >= 0.3 is 5.97 Å². The molecule has 1 aliphatic rings. The van der Waals surface area contributed by atoms with E-state index in [0.717, 1.165) is 39.4 Å². The van der Waals surface area contributed by atoms with Crippen LogP contribution in [0.3, 0.4) is 0 Å². The van der Waals surface area contributed by atoms with Gasteiger partial charge in [-0.3, -0.25) is 4.79 Å². The molecule has 0 aliphatic carbocycles. The van der Waals surface area contributed by atoms with Crippen LogP contribution in [0, 0.1) is 6.92 Å². The molecule has 9 nitrogen and oxygen atoms in total. The summed E-state index contributed by atoms with van der Waals surface area (Å²) < 4.78 is 14.0. The van der Waals surface area contributed by atoms with Crippen LogP contribution in [-0.2, 0) is 16.1 Å². The van der Waals surface area contributed by atoms with E-state index in [2.05, 4.69) is 36.4 Å². The molecule has 218 valence electrons. The molecule has 0 saturated carbocycles. The number of carbonyl (C=O) groups is 2. The monoisotopic (exact) mass is 578 g/mol. The first-order valence-electron chi connectivity index (χ1n) is 13.6. The van der Waals surface area contributed by atoms with Crippen molar-refractivity contribution in [3.8, 4) is 11.5 Å². The third-order valence-electron chi connectivity index (χ3n) is 7.05. The van der Waals surface area contributed by atoms with Crippen LogP contribution in [0.25, 0.3) is 0 Å². The maximum absolute atomic E-state index is 12.8. The van der Waals surface area contributed by atoms with Gasteiger partial charge in [0.05, 0.1) is 10.6 Å². The van der Waals surface area contributed by atoms with Gasteiger partial charge in [-0.05, 0) is 72.3 Å². The number of nitrogens with zero attached hydrogens (tertiary/aromatic N) is 2. The lowest BCUT2D eigenvalue weighted by Crippen LogP contribution is -2.27. The number of hydrogen-bond acceptors (Lipinski definition) is 9. The van der Waals surface area contributed by atoms with Gasteiger partial charge in [0.25, 0.3) is 0 Å². The summed E-state index contributed by atoms with van der Waals surface area (Å²) in [6.07, 6.45) is 0.694. The summed E-state index contributed by atoms with van der Waals surface area (Å²) in [6.45, 7) is 6.89. The van der Waals surface area contributed by atoms with Crippen LogP contribution in [-0.4, -0.2) is 47.5 Å². The highest BCUT2D eigenvalue weighted by Crippen LogP contribution is 2.41. The summed E-state index contributed by atoms with van der Waals surface area (Å²) in [6, 6.07) is 17.9. The largest absolute Gasteiger partial charge is 0.488 e. The molecule has 3 aromatic carbocycles. The minimum atomic E-state index is -1.12. The number of benzene rings is 3. The lowest BCUT2D eigenvalue weighted by Gasteiger charge is -2.25. The molecule has 0 radical (unpaired) electrons. The van der Waals surface area contributed by atoms with E-state index in [9.17, 15) is 14.7 Å². The second-order valence-corrected chi connectivity index (χ2v) is 11.5. The van der Waals surface area contributed by atoms with Crippen molar-refractivity contribution in [3.05, 3.63) is 76.9 Å². The molecule has 0 fully saturated rings. The van der Waals surface area contributed by atoms with Crippen LogP contribution in [0.1, 0.15) is 54.9 Å². The van der Waals surface area contributed by atoms with Gasteiger partial charge in [-0.1, -0.05) is 37.3 Å². The Bertz CT molecular complexity index is 1410. The van der Waals surface area contributed by atoms with Gasteiger partial charge in [0.2, 0.25) is 0 Å². The molecule has 0 spiro atoms. The number of rotatable bonds is 11. The van der Waals surface area contributed by atoms with Gasteiger partial charge in [-0.15, -0.1) is 0 Å². The molecule has 0 amide bonds. The number of fused-ring (bicyclic) bond motifs is 1. The Morgan fingerprint density at radius 2 is 1.95 bits per heavy atom. The predicted octanol–water partition coefficient (Wildman–Crippen LogP) is 5.14. The van der Waals surface area contributed by atoms with Crippen molar-refractivity contribution in [3.63, 3.8) is 0 Å². The minimum Gasteiger partial charge on any atom is -0.488 e. The number of ether oxygens (including phenoxy) is 2. The summed E-state index contributed by atoms with van der Waals surface area (Å²) in [7, 11) is 1.61. The number of nitrogens with two attached hydrogens (primary N) is 2. The zero-order chi connectivity index (χ0) is 29.7. The van der Waals surface area contributed by atoms with Crippen LogP contribution < -0.4 is 26.1 Å². The first kappa shape index (κ1) is 30.2. The van der Waals surface area contributed by atoms with E-state index in [1.807, 2.05) is 31.2 Å². The van der Waals surface area contributed by atoms with Crippen LogP contribution in [0.4, 0.5) is 11.4 Å². The maximum atomic E-state index is 12.8. The molecule has 5 N–H and O–H groups in total. The normalized spacial score (nSPS) is 15.8. The highest BCUT2D eigenvalue weighted by atomic mass is 32.2. The van der Waals surface area contributed by atoms with Gasteiger partial charge in [0, 0.05) is 38.9 Å². The first-order chi connectivity index (χ1) is 19.5. The highest BCUT2D eigenvalue weighted by molar-refractivity contribution is 7.97. The molecular formula is C31H38N4O5S. The van der Waals surface area contributed by atoms with E-state index in [4.69, 9.17) is 21.1 Å². The van der Waals surface area contributed by atoms with Crippen molar-refractivity contribution >= 4 is 35.1 Å². The molecule has 1 aliphatic heterocycles. The summed E-state index contributed by atoms with van der Waals surface area (Å²) in [5.41, 5.74) is 11.1. The number of hydrogen-bond donors (Lipinski definition) is 3. The number of anilines is 2. The molecule has 2 atom stereocenters. The van der Waals surface area contributed by atoms with Crippen molar-refractivity contribution in [1.82, 2.24) is 4.31 Å². The van der Waals surface area contributed by atoms with E-state index >= 15 is 0 Å². The molecule has 0 aromatic heterocycles. The first-order valence-corrected chi connectivity index (χ1v) is 14.4. The Hall–Kier alpha value is -3.73. The van der Waals surface area contributed by atoms with E-state index in [1.165, 1.54) is 5.01 Å². The molecule has 2 unspecified atom stereocenters. The number of nitrogen functional groups attached to an aromatic ring is 1. The third kappa shape index (κ3) is 7.52. The van der Waals surface area contributed by atoms with Gasteiger partial charge in [0.1, 0.15) is 29.1 Å². The van der Waals surface area contributed by atoms with Gasteiger partial charge in [0.15, 0.2) is 6.61 Å². The minimum absolute atomic E-state index is 0.0240. The quantitative estimate of drug-likeness (QED) is 0.122. The molecule has 0 saturated heterocycles. The fraction of sp³-hybridized carbons (Fsp3) is 0.355. The summed E-state index contributed by atoms with van der Waals surface area (Å²) in [5.74, 6) is 5.81. The number of ketones is 1. The maximum Gasteiger partial charge on any atom is 0.341 e. The van der Waals surface area contributed by atoms with Gasteiger partial charge in [-0.2, -0.15) is 0 Å². The number of Topliss-reactive ketones (excluding diaryl/α,β-unsaturated/α-hetero) is 1. The molecule has 3 aromatic rings. The SMILES string of the molecule is CCC(=O)CC(c1ccc(C)c(CN2CC(C)Oc3ccccc3S2)c1)c1cc(N)c(N(C)N)c(OCC(=O)O)c1. The van der Waals surface area contributed by atoms with E-state index in [0.29, 0.717) is 24.3 Å². The van der Waals surface area contributed by atoms with Crippen molar-refractivity contribution < 1.29 is 24.2 Å². The lowest BCUT2D eigenvalue weighted by atomic mass is 9.84. The molecule has 41 heavy (non-hydrogen) atoms. The Kier molecular flexibility index (Phi) is 9.80. The van der Waals surface area contributed by atoms with Crippen molar-refractivity contribution in [2.45, 2.75) is 57.1 Å². The summed E-state index contributed by atoms with van der Waals surface area (Å²) in [5, 5.41) is 10.5. The zero-order valence-corrected chi connectivity index (χ0v) is 24.7. The summed E-state index contributed by atoms with van der Waals surface area (Å²) in [4.78, 5) is 25.1. The van der Waals surface area contributed by atoms with Gasteiger partial charge in [-0.25, -0.2) is 14.9 Å². The molecule has 0 bridgehead atoms.